The predicted octanol–water partition coefficient (Wildman–Crippen LogP) is 2.00. The third kappa shape index (κ3) is 2.87. The quantitative estimate of drug-likeness (QED) is 0.936. The van der Waals surface area contributed by atoms with Gasteiger partial charge in [0.25, 0.3) is 10.0 Å². The number of aryl methyl sites for hydroxylation is 1. The van der Waals surface area contributed by atoms with Crippen molar-refractivity contribution in [2.45, 2.75) is 24.3 Å². The number of sulfonamides is 1. The van der Waals surface area contributed by atoms with Crippen molar-refractivity contribution in [1.29, 1.82) is 0 Å². The van der Waals surface area contributed by atoms with Gasteiger partial charge in [0.2, 0.25) is 5.91 Å². The monoisotopic (exact) mass is 316 g/mol. The minimum atomic E-state index is -3.89. The molecule has 114 valence electrons. The van der Waals surface area contributed by atoms with Gasteiger partial charge in [-0.1, -0.05) is 30.3 Å². The Bertz CT molecular complexity index is 803. The Morgan fingerprint density at radius 3 is 2.59 bits per heavy atom. The molecule has 1 fully saturated rings. The van der Waals surface area contributed by atoms with E-state index in [1.165, 1.54) is 12.3 Å². The second-order valence-electron chi connectivity index (χ2n) is 5.44. The number of nitrogens with zero attached hydrogens (tertiary/aromatic N) is 1. The number of carbonyl (C=O) groups is 1. The Morgan fingerprint density at radius 1 is 1.18 bits per heavy atom. The molecule has 6 heteroatoms. The zero-order chi connectivity index (χ0) is 15.7. The molecule has 0 radical (unpaired) electrons. The van der Waals surface area contributed by atoms with E-state index in [1.807, 2.05) is 31.2 Å². The number of hydrogen-bond acceptors (Lipinski definition) is 4. The molecular weight excluding hydrogens is 300 g/mol. The third-order valence-corrected chi connectivity index (χ3v) is 5.13. The standard InChI is InChI=1S/C16H16N2O3S/c1-11-6-2-3-7-12(11)13-10-14(13)16(19)18-22(20,21)15-8-4-5-9-17-15/h2-9,13-14H,10H2,1H3,(H,18,19)/t13-,14+/m0/s1. The van der Waals surface area contributed by atoms with E-state index in [0.717, 1.165) is 11.1 Å². The first-order valence-corrected chi connectivity index (χ1v) is 8.50. The Labute approximate surface area is 129 Å². The van der Waals surface area contributed by atoms with Crippen LogP contribution in [0.15, 0.2) is 53.7 Å². The van der Waals surface area contributed by atoms with E-state index in [4.69, 9.17) is 0 Å². The molecule has 1 aromatic heterocycles. The van der Waals surface area contributed by atoms with Gasteiger partial charge in [0.05, 0.1) is 0 Å². The first kappa shape index (κ1) is 14.7. The first-order chi connectivity index (χ1) is 10.5. The zero-order valence-electron chi connectivity index (χ0n) is 12.1. The van der Waals surface area contributed by atoms with E-state index < -0.39 is 15.9 Å². The maximum Gasteiger partial charge on any atom is 0.281 e. The van der Waals surface area contributed by atoms with Crippen LogP contribution in [-0.4, -0.2) is 19.3 Å². The Morgan fingerprint density at radius 2 is 1.91 bits per heavy atom. The summed E-state index contributed by atoms with van der Waals surface area (Å²) in [7, 11) is -3.89. The van der Waals surface area contributed by atoms with Crippen LogP contribution in [-0.2, 0) is 14.8 Å². The highest BCUT2D eigenvalue weighted by Crippen LogP contribution is 2.48. The minimum absolute atomic E-state index is 0.0973. The maximum atomic E-state index is 12.2. The Balaban J connectivity index is 1.71. The average molecular weight is 316 g/mol. The number of nitrogens with one attached hydrogen (secondary N) is 1. The fraction of sp³-hybridized carbons (Fsp3) is 0.250. The molecule has 3 rings (SSSR count). The van der Waals surface area contributed by atoms with Crippen molar-refractivity contribution in [3.8, 4) is 0 Å². The maximum absolute atomic E-state index is 12.2. The number of carbonyl (C=O) groups excluding carboxylic acids is 1. The molecule has 1 saturated carbocycles. The first-order valence-electron chi connectivity index (χ1n) is 7.02. The van der Waals surface area contributed by atoms with Crippen molar-refractivity contribution in [3.63, 3.8) is 0 Å². The fourth-order valence-electron chi connectivity index (χ4n) is 2.60. The molecule has 1 aliphatic carbocycles. The summed E-state index contributed by atoms with van der Waals surface area (Å²) in [6.45, 7) is 1.99. The number of rotatable bonds is 4. The summed E-state index contributed by atoms with van der Waals surface area (Å²) in [4.78, 5) is 15.9. The van der Waals surface area contributed by atoms with Crippen LogP contribution in [0.2, 0.25) is 0 Å². The van der Waals surface area contributed by atoms with Gasteiger partial charge >= 0.3 is 0 Å². The zero-order valence-corrected chi connectivity index (χ0v) is 12.9. The molecule has 0 unspecified atom stereocenters. The molecule has 22 heavy (non-hydrogen) atoms. The van der Waals surface area contributed by atoms with Gasteiger partial charge in [-0.15, -0.1) is 0 Å². The van der Waals surface area contributed by atoms with Gasteiger partial charge in [0, 0.05) is 12.1 Å². The fourth-order valence-corrected chi connectivity index (χ4v) is 3.58. The van der Waals surface area contributed by atoms with Gasteiger partial charge in [0.15, 0.2) is 5.03 Å². The van der Waals surface area contributed by atoms with Crippen molar-refractivity contribution in [3.05, 3.63) is 59.8 Å². The molecule has 1 heterocycles. The molecule has 0 bridgehead atoms. The van der Waals surface area contributed by atoms with Crippen molar-refractivity contribution < 1.29 is 13.2 Å². The van der Waals surface area contributed by atoms with Crippen molar-refractivity contribution in [1.82, 2.24) is 9.71 Å². The molecular formula is C16H16N2O3S. The van der Waals surface area contributed by atoms with Crippen molar-refractivity contribution in [2.75, 3.05) is 0 Å². The molecule has 1 N–H and O–H groups in total. The highest BCUT2D eigenvalue weighted by atomic mass is 32.2. The largest absolute Gasteiger partial charge is 0.281 e. The number of aromatic nitrogens is 1. The lowest BCUT2D eigenvalue weighted by Crippen LogP contribution is -2.32. The highest BCUT2D eigenvalue weighted by Gasteiger charge is 2.45. The lowest BCUT2D eigenvalue weighted by molar-refractivity contribution is -0.120. The SMILES string of the molecule is Cc1ccccc1[C@@H]1C[C@H]1C(=O)NS(=O)(=O)c1ccccn1. The second-order valence-corrected chi connectivity index (χ2v) is 7.07. The van der Waals surface area contributed by atoms with Crippen molar-refractivity contribution in [2.24, 2.45) is 5.92 Å². The number of hydrogen-bond donors (Lipinski definition) is 1. The Hall–Kier alpha value is -2.21. The Kier molecular flexibility index (Phi) is 3.70. The van der Waals surface area contributed by atoms with Crippen LogP contribution in [0.25, 0.3) is 0 Å². The van der Waals surface area contributed by atoms with Gasteiger partial charge in [-0.25, -0.2) is 9.71 Å². The summed E-state index contributed by atoms with van der Waals surface area (Å²) < 4.78 is 26.3. The summed E-state index contributed by atoms with van der Waals surface area (Å²) in [5.74, 6) is -0.654. The van der Waals surface area contributed by atoms with E-state index in [2.05, 4.69) is 9.71 Å². The summed E-state index contributed by atoms with van der Waals surface area (Å²) in [5, 5.41) is -0.142. The summed E-state index contributed by atoms with van der Waals surface area (Å²) in [5.41, 5.74) is 2.23. The lowest BCUT2D eigenvalue weighted by atomic mass is 10.0. The third-order valence-electron chi connectivity index (χ3n) is 3.86. The molecule has 2 atom stereocenters. The van der Waals surface area contributed by atoms with Gasteiger partial charge in [-0.3, -0.25) is 4.79 Å². The summed E-state index contributed by atoms with van der Waals surface area (Å²) in [6, 6.07) is 12.4. The van der Waals surface area contributed by atoms with Gasteiger partial charge in [0.1, 0.15) is 0 Å². The van der Waals surface area contributed by atoms with Crippen LogP contribution in [0.4, 0.5) is 0 Å². The van der Waals surface area contributed by atoms with Gasteiger partial charge in [-0.2, -0.15) is 8.42 Å². The van der Waals surface area contributed by atoms with Crippen LogP contribution in [0.1, 0.15) is 23.5 Å². The lowest BCUT2D eigenvalue weighted by Gasteiger charge is -2.07. The van der Waals surface area contributed by atoms with Crippen LogP contribution in [0, 0.1) is 12.8 Å². The van der Waals surface area contributed by atoms with Crippen LogP contribution < -0.4 is 4.72 Å². The van der Waals surface area contributed by atoms with Crippen molar-refractivity contribution >= 4 is 15.9 Å². The molecule has 1 aromatic carbocycles. The second kappa shape index (κ2) is 5.53. The molecule has 1 amide bonds. The van der Waals surface area contributed by atoms with Gasteiger partial charge < -0.3 is 0 Å². The summed E-state index contributed by atoms with van der Waals surface area (Å²) >= 11 is 0. The summed E-state index contributed by atoms with van der Waals surface area (Å²) in [6.07, 6.45) is 2.06. The molecule has 1 aliphatic rings. The number of benzene rings is 1. The van der Waals surface area contributed by atoms with E-state index in [9.17, 15) is 13.2 Å². The normalized spacial score (nSPS) is 20.4. The van der Waals surface area contributed by atoms with E-state index >= 15 is 0 Å². The minimum Gasteiger partial charge on any atom is -0.274 e. The number of amides is 1. The average Bonchev–Trinajstić information content (AvgIpc) is 3.29. The molecule has 0 saturated heterocycles. The molecule has 5 nitrogen and oxygen atoms in total. The van der Waals surface area contributed by atoms with Crippen LogP contribution in [0.5, 0.6) is 0 Å². The van der Waals surface area contributed by atoms with Crippen LogP contribution in [0.3, 0.4) is 0 Å². The highest BCUT2D eigenvalue weighted by molar-refractivity contribution is 7.90. The van der Waals surface area contributed by atoms with E-state index in [0.29, 0.717) is 6.42 Å². The predicted molar refractivity (Wildman–Crippen MR) is 81.6 cm³/mol. The van der Waals surface area contributed by atoms with E-state index in [1.54, 1.807) is 12.1 Å². The molecule has 0 aliphatic heterocycles. The van der Waals surface area contributed by atoms with E-state index in [-0.39, 0.29) is 16.9 Å². The molecule has 0 spiro atoms. The van der Waals surface area contributed by atoms with Crippen LogP contribution >= 0.6 is 0 Å². The smallest absolute Gasteiger partial charge is 0.274 e. The molecule has 2 aromatic rings. The number of pyridine rings is 1. The van der Waals surface area contributed by atoms with Gasteiger partial charge in [-0.05, 0) is 42.5 Å². The topological polar surface area (TPSA) is 76.1 Å².